The van der Waals surface area contributed by atoms with Crippen LogP contribution in [0, 0.1) is 5.41 Å². The van der Waals surface area contributed by atoms with Crippen molar-refractivity contribution in [2.45, 2.75) is 24.2 Å². The van der Waals surface area contributed by atoms with Gasteiger partial charge in [-0.2, -0.15) is 0 Å². The second-order valence-electron chi connectivity index (χ2n) is 4.91. The largest absolute Gasteiger partial charge is 0.396 e. The van der Waals surface area contributed by atoms with Gasteiger partial charge in [0.05, 0.1) is 0 Å². The highest BCUT2D eigenvalue weighted by Crippen LogP contribution is 2.48. The number of aliphatic hydroxyl groups is 1. The van der Waals surface area contributed by atoms with E-state index in [0.717, 1.165) is 25.8 Å². The van der Waals surface area contributed by atoms with Gasteiger partial charge in [0.25, 0.3) is 0 Å². The fourth-order valence-electron chi connectivity index (χ4n) is 1.97. The molecule has 1 heterocycles. The summed E-state index contributed by atoms with van der Waals surface area (Å²) in [6, 6.07) is 3.17. The Morgan fingerprint density at radius 3 is 2.63 bits per heavy atom. The van der Waals surface area contributed by atoms with E-state index >= 15 is 0 Å². The van der Waals surface area contributed by atoms with E-state index in [-0.39, 0.29) is 16.9 Å². The van der Waals surface area contributed by atoms with E-state index < -0.39 is 10.0 Å². The summed E-state index contributed by atoms with van der Waals surface area (Å²) in [5, 5.41) is 12.2. The maximum atomic E-state index is 11.5. The molecule has 1 aliphatic rings. The molecule has 0 spiro atoms. The first-order chi connectivity index (χ1) is 9.01. The van der Waals surface area contributed by atoms with E-state index in [2.05, 4.69) is 15.0 Å². The molecular formula is C12H19N3O3S. The molecule has 3 N–H and O–H groups in total. The minimum absolute atomic E-state index is 0.150. The molecule has 1 aromatic heterocycles. The molecule has 0 aromatic carbocycles. The van der Waals surface area contributed by atoms with E-state index in [0.29, 0.717) is 5.82 Å². The molecule has 1 fully saturated rings. The van der Waals surface area contributed by atoms with Crippen molar-refractivity contribution in [3.63, 3.8) is 0 Å². The molecular weight excluding hydrogens is 266 g/mol. The fraction of sp³-hybridized carbons (Fsp3) is 0.583. The highest BCUT2D eigenvalue weighted by molar-refractivity contribution is 7.89. The maximum Gasteiger partial charge on any atom is 0.241 e. The molecule has 0 bridgehead atoms. The molecule has 0 amide bonds. The second kappa shape index (κ2) is 5.44. The number of nitrogens with zero attached hydrogens (tertiary/aromatic N) is 1. The predicted octanol–water partition coefficient (Wildman–Crippen LogP) is 0.564. The molecule has 1 saturated carbocycles. The monoisotopic (exact) mass is 285 g/mol. The highest BCUT2D eigenvalue weighted by atomic mass is 32.2. The standard InChI is InChI=1S/C12H19N3O3S/c1-13-19(17,18)10-2-3-11(14-8-10)15-9-12(4-5-12)6-7-16/h2-3,8,13,16H,4-7,9H2,1H3,(H,14,15). The predicted molar refractivity (Wildman–Crippen MR) is 72.3 cm³/mol. The lowest BCUT2D eigenvalue weighted by Gasteiger charge is -2.15. The van der Waals surface area contributed by atoms with Crippen molar-refractivity contribution in [1.29, 1.82) is 0 Å². The summed E-state index contributed by atoms with van der Waals surface area (Å²) in [4.78, 5) is 4.24. The van der Waals surface area contributed by atoms with Crippen LogP contribution < -0.4 is 10.0 Å². The Morgan fingerprint density at radius 1 is 1.42 bits per heavy atom. The molecule has 2 rings (SSSR count). The van der Waals surface area contributed by atoms with E-state index in [1.165, 1.54) is 19.3 Å². The smallest absolute Gasteiger partial charge is 0.241 e. The van der Waals surface area contributed by atoms with Gasteiger partial charge in [0, 0.05) is 19.3 Å². The molecule has 6 nitrogen and oxygen atoms in total. The van der Waals surface area contributed by atoms with Crippen molar-refractivity contribution >= 4 is 15.8 Å². The summed E-state index contributed by atoms with van der Waals surface area (Å²) in [6.07, 6.45) is 4.37. The maximum absolute atomic E-state index is 11.5. The molecule has 0 saturated heterocycles. The lowest BCUT2D eigenvalue weighted by molar-refractivity contribution is 0.253. The SMILES string of the molecule is CNS(=O)(=O)c1ccc(NCC2(CCO)CC2)nc1. The molecule has 1 aromatic rings. The Morgan fingerprint density at radius 2 is 2.16 bits per heavy atom. The van der Waals surface area contributed by atoms with Crippen LogP contribution in [-0.4, -0.2) is 38.7 Å². The van der Waals surface area contributed by atoms with E-state index in [1.54, 1.807) is 6.07 Å². The van der Waals surface area contributed by atoms with E-state index in [4.69, 9.17) is 5.11 Å². The number of anilines is 1. The van der Waals surface area contributed by atoms with Gasteiger partial charge in [0.1, 0.15) is 10.7 Å². The summed E-state index contributed by atoms with van der Waals surface area (Å²) in [5.41, 5.74) is 0.201. The number of aromatic nitrogens is 1. The van der Waals surface area contributed by atoms with Gasteiger partial charge in [0.15, 0.2) is 0 Å². The highest BCUT2D eigenvalue weighted by Gasteiger charge is 2.41. The summed E-state index contributed by atoms with van der Waals surface area (Å²) in [7, 11) is -2.06. The van der Waals surface area contributed by atoms with Gasteiger partial charge in [-0.1, -0.05) is 0 Å². The molecule has 1 aliphatic carbocycles. The minimum Gasteiger partial charge on any atom is -0.396 e. The minimum atomic E-state index is -3.43. The Bertz CT molecular complexity index is 524. The van der Waals surface area contributed by atoms with Crippen LogP contribution in [0.25, 0.3) is 0 Å². The van der Waals surface area contributed by atoms with Crippen molar-refractivity contribution < 1.29 is 13.5 Å². The van der Waals surface area contributed by atoms with Crippen LogP contribution in [0.15, 0.2) is 23.2 Å². The van der Waals surface area contributed by atoms with Gasteiger partial charge >= 0.3 is 0 Å². The number of aliphatic hydroxyl groups excluding tert-OH is 1. The number of hydrogen-bond acceptors (Lipinski definition) is 5. The quantitative estimate of drug-likeness (QED) is 0.681. The fourth-order valence-corrected chi connectivity index (χ4v) is 2.64. The van der Waals surface area contributed by atoms with E-state index in [9.17, 15) is 8.42 Å². The zero-order chi connectivity index (χ0) is 13.9. The van der Waals surface area contributed by atoms with Gasteiger partial charge in [-0.05, 0) is 43.9 Å². The van der Waals surface area contributed by atoms with Crippen molar-refractivity contribution in [3.8, 4) is 0 Å². The van der Waals surface area contributed by atoms with Crippen molar-refractivity contribution in [1.82, 2.24) is 9.71 Å². The van der Waals surface area contributed by atoms with Crippen molar-refractivity contribution in [2.75, 3.05) is 25.5 Å². The summed E-state index contributed by atoms with van der Waals surface area (Å²) < 4.78 is 25.3. The number of pyridine rings is 1. The van der Waals surface area contributed by atoms with Crippen LogP contribution in [0.2, 0.25) is 0 Å². The Hall–Kier alpha value is -1.18. The summed E-state index contributed by atoms with van der Waals surface area (Å²) >= 11 is 0. The molecule has 0 unspecified atom stereocenters. The molecule has 7 heteroatoms. The first-order valence-corrected chi connectivity index (χ1v) is 7.74. The van der Waals surface area contributed by atoms with Crippen LogP contribution in [0.5, 0.6) is 0 Å². The molecule has 0 atom stereocenters. The number of rotatable bonds is 7. The van der Waals surface area contributed by atoms with Crippen LogP contribution in [-0.2, 0) is 10.0 Å². The van der Waals surface area contributed by atoms with Crippen LogP contribution in [0.1, 0.15) is 19.3 Å². The molecule has 0 radical (unpaired) electrons. The summed E-state index contributed by atoms with van der Waals surface area (Å²) in [6.45, 7) is 0.965. The molecule has 19 heavy (non-hydrogen) atoms. The first-order valence-electron chi connectivity index (χ1n) is 6.26. The second-order valence-corrected chi connectivity index (χ2v) is 6.80. The first kappa shape index (κ1) is 14.2. The Kier molecular flexibility index (Phi) is 4.07. The van der Waals surface area contributed by atoms with Crippen LogP contribution in [0.3, 0.4) is 0 Å². The molecule has 0 aliphatic heterocycles. The molecule has 106 valence electrons. The normalized spacial score (nSPS) is 17.2. The van der Waals surface area contributed by atoms with Crippen molar-refractivity contribution in [2.24, 2.45) is 5.41 Å². The van der Waals surface area contributed by atoms with Crippen LogP contribution >= 0.6 is 0 Å². The average molecular weight is 285 g/mol. The Labute approximate surface area is 113 Å². The van der Waals surface area contributed by atoms with Gasteiger partial charge in [-0.15, -0.1) is 0 Å². The van der Waals surface area contributed by atoms with E-state index in [1.807, 2.05) is 0 Å². The van der Waals surface area contributed by atoms with Gasteiger partial charge in [0.2, 0.25) is 10.0 Å². The zero-order valence-corrected chi connectivity index (χ0v) is 11.7. The lowest BCUT2D eigenvalue weighted by Crippen LogP contribution is -2.19. The third kappa shape index (κ3) is 3.43. The summed E-state index contributed by atoms with van der Waals surface area (Å²) in [5.74, 6) is 0.652. The average Bonchev–Trinajstić information content (AvgIpc) is 3.18. The van der Waals surface area contributed by atoms with Crippen molar-refractivity contribution in [3.05, 3.63) is 18.3 Å². The zero-order valence-electron chi connectivity index (χ0n) is 10.9. The number of nitrogens with one attached hydrogen (secondary N) is 2. The third-order valence-electron chi connectivity index (χ3n) is 3.56. The topological polar surface area (TPSA) is 91.3 Å². The Balaban J connectivity index is 1.96. The number of sulfonamides is 1. The van der Waals surface area contributed by atoms with Crippen LogP contribution in [0.4, 0.5) is 5.82 Å². The van der Waals surface area contributed by atoms with Gasteiger partial charge in [-0.25, -0.2) is 18.1 Å². The van der Waals surface area contributed by atoms with Gasteiger partial charge < -0.3 is 10.4 Å². The third-order valence-corrected chi connectivity index (χ3v) is 4.96. The number of hydrogen-bond donors (Lipinski definition) is 3. The lowest BCUT2D eigenvalue weighted by atomic mass is 10.0. The van der Waals surface area contributed by atoms with Gasteiger partial charge in [-0.3, -0.25) is 0 Å².